The van der Waals surface area contributed by atoms with Crippen molar-refractivity contribution in [3.05, 3.63) is 66.1 Å². The van der Waals surface area contributed by atoms with Gasteiger partial charge in [0.25, 0.3) is 0 Å². The number of benzene rings is 1. The van der Waals surface area contributed by atoms with E-state index in [0.29, 0.717) is 59.0 Å². The number of pyridine rings is 1. The van der Waals surface area contributed by atoms with Gasteiger partial charge in [-0.1, -0.05) is 18.2 Å². The second kappa shape index (κ2) is 9.98. The van der Waals surface area contributed by atoms with Crippen LogP contribution in [-0.2, 0) is 4.74 Å². The summed E-state index contributed by atoms with van der Waals surface area (Å²) in [6.07, 6.45) is 2.98. The summed E-state index contributed by atoms with van der Waals surface area (Å²) in [5.74, 6) is 0.289. The van der Waals surface area contributed by atoms with Crippen LogP contribution >= 0.6 is 0 Å². The van der Waals surface area contributed by atoms with E-state index in [1.807, 2.05) is 51.4 Å². The number of halogens is 1. The van der Waals surface area contributed by atoms with E-state index in [9.17, 15) is 10.1 Å². The van der Waals surface area contributed by atoms with Crippen LogP contribution in [0.3, 0.4) is 0 Å². The van der Waals surface area contributed by atoms with Crippen LogP contribution in [0, 0.1) is 24.1 Å². The number of amides is 1. The van der Waals surface area contributed by atoms with Crippen molar-refractivity contribution in [3.63, 3.8) is 0 Å². The lowest BCUT2D eigenvalue weighted by Gasteiger charge is -2.41. The number of aryl methyl sites for hydroxylation is 1. The molecule has 0 saturated carbocycles. The van der Waals surface area contributed by atoms with E-state index in [0.717, 1.165) is 0 Å². The summed E-state index contributed by atoms with van der Waals surface area (Å²) in [5, 5.41) is 10.2. The van der Waals surface area contributed by atoms with Gasteiger partial charge in [-0.3, -0.25) is 0 Å². The molecule has 4 heterocycles. The second-order valence-electron chi connectivity index (χ2n) is 10.7. The predicted octanol–water partition coefficient (Wildman–Crippen LogP) is 5.25. The average molecular weight is 528 g/mol. The third kappa shape index (κ3) is 5.12. The van der Waals surface area contributed by atoms with Gasteiger partial charge in [0.1, 0.15) is 35.3 Å². The molecule has 1 aromatic carbocycles. The first kappa shape index (κ1) is 26.1. The van der Waals surface area contributed by atoms with Crippen molar-refractivity contribution in [2.45, 2.75) is 46.3 Å². The van der Waals surface area contributed by atoms with Gasteiger partial charge < -0.3 is 19.1 Å². The molecule has 0 spiro atoms. The molecule has 0 radical (unpaired) electrons. The normalized spacial score (nSPS) is 15.9. The van der Waals surface area contributed by atoms with Gasteiger partial charge in [-0.25, -0.2) is 24.1 Å². The lowest BCUT2D eigenvalue weighted by Crippen LogP contribution is -2.54. The molecule has 0 bridgehead atoms. The lowest BCUT2D eigenvalue weighted by atomic mass is 10.0. The van der Waals surface area contributed by atoms with Crippen LogP contribution in [0.4, 0.5) is 15.0 Å². The van der Waals surface area contributed by atoms with Crippen molar-refractivity contribution >= 4 is 22.9 Å². The maximum atomic E-state index is 15.1. The number of carbonyl (C=O) groups is 1. The van der Waals surface area contributed by atoms with Crippen LogP contribution < -0.4 is 4.90 Å². The Bertz CT molecular complexity index is 1600. The monoisotopic (exact) mass is 527 g/mol. The number of rotatable bonds is 3. The summed E-state index contributed by atoms with van der Waals surface area (Å²) in [7, 11) is 0. The number of ether oxygens (including phenoxy) is 1. The molecule has 0 aliphatic carbocycles. The molecule has 1 amide bonds. The molecule has 1 fully saturated rings. The standard InChI is InChI=1S/C29H30FN7O2/c1-18-12-21(13-20(14-31)34-18)37-16-23(22-8-6-7-9-24(22)30)25-26(32-17-33-27(25)37)36-11-10-35(15-19(36)2)28(38)39-29(3,4)5/h6-9,12-13,16-17,19H,10-11,15H2,1-5H3/t19-/m0/s1. The Morgan fingerprint density at radius 1 is 1.15 bits per heavy atom. The number of hydrogen-bond donors (Lipinski definition) is 0. The Hall–Kier alpha value is -4.52. The zero-order chi connectivity index (χ0) is 27.9. The van der Waals surface area contributed by atoms with Gasteiger partial charge in [-0.2, -0.15) is 5.26 Å². The maximum absolute atomic E-state index is 15.1. The number of anilines is 1. The highest BCUT2D eigenvalue weighted by molar-refractivity contribution is 6.02. The smallest absolute Gasteiger partial charge is 0.410 e. The summed E-state index contributed by atoms with van der Waals surface area (Å²) < 4.78 is 22.6. The fourth-order valence-electron chi connectivity index (χ4n) is 4.96. The van der Waals surface area contributed by atoms with Crippen molar-refractivity contribution in [2.75, 3.05) is 24.5 Å². The second-order valence-corrected chi connectivity index (χ2v) is 10.7. The Morgan fingerprint density at radius 2 is 1.92 bits per heavy atom. The molecule has 0 unspecified atom stereocenters. The number of hydrogen-bond acceptors (Lipinski definition) is 7. The molecule has 1 aliphatic rings. The van der Waals surface area contributed by atoms with Gasteiger partial charge in [0.2, 0.25) is 0 Å². The van der Waals surface area contributed by atoms with Gasteiger partial charge in [0.15, 0.2) is 5.65 Å². The minimum absolute atomic E-state index is 0.0884. The molecule has 1 atom stereocenters. The van der Waals surface area contributed by atoms with Crippen LogP contribution in [0.1, 0.15) is 39.1 Å². The quantitative estimate of drug-likeness (QED) is 0.359. The van der Waals surface area contributed by atoms with E-state index in [2.05, 4.69) is 25.9 Å². The van der Waals surface area contributed by atoms with Crippen LogP contribution in [0.5, 0.6) is 0 Å². The molecule has 10 heteroatoms. The van der Waals surface area contributed by atoms with E-state index in [1.165, 1.54) is 12.4 Å². The van der Waals surface area contributed by atoms with Crippen molar-refractivity contribution < 1.29 is 13.9 Å². The summed E-state index contributed by atoms with van der Waals surface area (Å²) in [6.45, 7) is 10.8. The third-order valence-electron chi connectivity index (χ3n) is 6.61. The highest BCUT2D eigenvalue weighted by Crippen LogP contribution is 2.39. The highest BCUT2D eigenvalue weighted by atomic mass is 19.1. The number of fused-ring (bicyclic) bond motifs is 1. The number of piperazine rings is 1. The molecule has 5 rings (SSSR count). The van der Waals surface area contributed by atoms with Crippen molar-refractivity contribution in [1.82, 2.24) is 24.4 Å². The third-order valence-corrected chi connectivity index (χ3v) is 6.61. The fourth-order valence-corrected chi connectivity index (χ4v) is 4.96. The first-order valence-corrected chi connectivity index (χ1v) is 12.8. The largest absolute Gasteiger partial charge is 0.444 e. The Kier molecular flexibility index (Phi) is 6.68. The number of aromatic nitrogens is 4. The number of carbonyl (C=O) groups excluding carboxylic acids is 1. The van der Waals surface area contributed by atoms with Crippen molar-refractivity contribution in [2.24, 2.45) is 0 Å². The minimum atomic E-state index is -0.579. The topological polar surface area (TPSA) is 100 Å². The Labute approximate surface area is 226 Å². The van der Waals surface area contributed by atoms with Crippen LogP contribution in [-0.4, -0.2) is 61.8 Å². The fraction of sp³-hybridized carbons (Fsp3) is 0.345. The molecule has 1 aliphatic heterocycles. The zero-order valence-electron chi connectivity index (χ0n) is 22.6. The zero-order valence-corrected chi connectivity index (χ0v) is 22.6. The minimum Gasteiger partial charge on any atom is -0.444 e. The average Bonchev–Trinajstić information content (AvgIpc) is 3.27. The Balaban J connectivity index is 1.63. The van der Waals surface area contributed by atoms with E-state index >= 15 is 4.39 Å². The SMILES string of the molecule is Cc1cc(-n2cc(-c3ccccc3F)c3c(N4CCN(C(=O)OC(C)(C)C)C[C@@H]4C)ncnc32)cc(C#N)n1. The summed E-state index contributed by atoms with van der Waals surface area (Å²) in [4.78, 5) is 30.1. The van der Waals surface area contributed by atoms with E-state index in [4.69, 9.17) is 4.74 Å². The summed E-state index contributed by atoms with van der Waals surface area (Å²) in [5.41, 5.74) is 2.70. The molecule has 200 valence electrons. The molecular weight excluding hydrogens is 497 g/mol. The van der Waals surface area contributed by atoms with Gasteiger partial charge in [-0.15, -0.1) is 0 Å². The van der Waals surface area contributed by atoms with Gasteiger partial charge in [-0.05, 0) is 52.8 Å². The van der Waals surface area contributed by atoms with Crippen molar-refractivity contribution in [1.29, 1.82) is 5.26 Å². The molecular formula is C29H30FN7O2. The molecule has 39 heavy (non-hydrogen) atoms. The number of nitrogens with zero attached hydrogens (tertiary/aromatic N) is 7. The van der Waals surface area contributed by atoms with E-state index in [1.54, 1.807) is 29.2 Å². The molecule has 3 aromatic heterocycles. The Morgan fingerprint density at radius 3 is 2.62 bits per heavy atom. The number of nitriles is 1. The first-order chi connectivity index (χ1) is 18.6. The summed E-state index contributed by atoms with van der Waals surface area (Å²) >= 11 is 0. The van der Waals surface area contributed by atoms with Gasteiger partial charge >= 0.3 is 6.09 Å². The van der Waals surface area contributed by atoms with E-state index in [-0.39, 0.29) is 23.6 Å². The van der Waals surface area contributed by atoms with Crippen LogP contribution in [0.15, 0.2) is 48.9 Å². The predicted molar refractivity (Wildman–Crippen MR) is 146 cm³/mol. The van der Waals surface area contributed by atoms with Crippen LogP contribution in [0.2, 0.25) is 0 Å². The van der Waals surface area contributed by atoms with E-state index < -0.39 is 5.60 Å². The van der Waals surface area contributed by atoms with Crippen LogP contribution in [0.25, 0.3) is 27.8 Å². The maximum Gasteiger partial charge on any atom is 0.410 e. The van der Waals surface area contributed by atoms with Crippen molar-refractivity contribution in [3.8, 4) is 22.9 Å². The highest BCUT2D eigenvalue weighted by Gasteiger charge is 2.32. The molecule has 0 N–H and O–H groups in total. The lowest BCUT2D eigenvalue weighted by molar-refractivity contribution is 0.0218. The molecule has 9 nitrogen and oxygen atoms in total. The molecule has 4 aromatic rings. The first-order valence-electron chi connectivity index (χ1n) is 12.8. The molecule has 1 saturated heterocycles. The van der Waals surface area contributed by atoms with Gasteiger partial charge in [0.05, 0.1) is 11.1 Å². The van der Waals surface area contributed by atoms with Gasteiger partial charge in [0, 0.05) is 48.7 Å². The summed E-state index contributed by atoms with van der Waals surface area (Å²) in [6, 6.07) is 12.1.